The third-order valence-electron chi connectivity index (χ3n) is 5.75. The average molecular weight is 436 g/mol. The lowest BCUT2D eigenvalue weighted by molar-refractivity contribution is 0.0910. The number of amides is 1. The zero-order valence-corrected chi connectivity index (χ0v) is 18.0. The number of aromatic nitrogens is 1. The van der Waals surface area contributed by atoms with Gasteiger partial charge in [-0.3, -0.25) is 19.0 Å². The maximum atomic E-state index is 14.4. The van der Waals surface area contributed by atoms with Gasteiger partial charge in [0.1, 0.15) is 17.2 Å². The molecule has 7 heteroatoms. The van der Waals surface area contributed by atoms with E-state index in [0.717, 1.165) is 4.90 Å². The van der Waals surface area contributed by atoms with Gasteiger partial charge in [-0.05, 0) is 53.8 Å². The lowest BCUT2D eigenvalue weighted by atomic mass is 9.73. The third-order valence-corrected chi connectivity index (χ3v) is 5.75. The van der Waals surface area contributed by atoms with Crippen molar-refractivity contribution in [1.82, 2.24) is 4.57 Å². The van der Waals surface area contributed by atoms with E-state index in [9.17, 15) is 23.2 Å². The standard InChI is InChI=1S/C25H22F2N2O3/c1-25(2)12-17-18(21(30)13-25)14-29(16-10-8-15(26)9-11-16)24(32)22(17)23(31)28(3)20-7-5-4-6-19(20)27/h4-11,14H,12-13H2,1-3H3. The molecule has 0 aliphatic heterocycles. The molecule has 0 spiro atoms. The normalized spacial score (nSPS) is 14.7. The van der Waals surface area contributed by atoms with Gasteiger partial charge >= 0.3 is 0 Å². The van der Waals surface area contributed by atoms with E-state index in [1.165, 1.54) is 60.3 Å². The van der Waals surface area contributed by atoms with Gasteiger partial charge in [0.15, 0.2) is 5.78 Å². The molecule has 0 atom stereocenters. The number of hydrogen-bond acceptors (Lipinski definition) is 3. The minimum atomic E-state index is -0.710. The van der Waals surface area contributed by atoms with Crippen LogP contribution < -0.4 is 10.5 Å². The molecule has 1 aliphatic carbocycles. The van der Waals surface area contributed by atoms with Crippen molar-refractivity contribution in [3.05, 3.63) is 93.4 Å². The molecule has 1 aliphatic rings. The molecule has 164 valence electrons. The van der Waals surface area contributed by atoms with E-state index < -0.39 is 28.5 Å². The first kappa shape index (κ1) is 21.6. The quantitative estimate of drug-likeness (QED) is 0.605. The highest BCUT2D eigenvalue weighted by molar-refractivity contribution is 6.09. The molecule has 2 aromatic carbocycles. The molecule has 0 fully saturated rings. The Labute approximate surface area is 183 Å². The van der Waals surface area contributed by atoms with Crippen LogP contribution >= 0.6 is 0 Å². The summed E-state index contributed by atoms with van der Waals surface area (Å²) in [5.74, 6) is -1.98. The van der Waals surface area contributed by atoms with Crippen LogP contribution in [0.15, 0.2) is 59.5 Å². The van der Waals surface area contributed by atoms with E-state index in [2.05, 4.69) is 0 Å². The monoisotopic (exact) mass is 436 g/mol. The summed E-state index contributed by atoms with van der Waals surface area (Å²) in [6.07, 6.45) is 2.03. The summed E-state index contributed by atoms with van der Waals surface area (Å²) in [6, 6.07) is 10.9. The van der Waals surface area contributed by atoms with Crippen molar-refractivity contribution in [1.29, 1.82) is 0 Å². The Kier molecular flexibility index (Phi) is 5.28. The number of fused-ring (bicyclic) bond motifs is 1. The Balaban J connectivity index is 1.97. The summed E-state index contributed by atoms with van der Waals surface area (Å²) < 4.78 is 29.0. The number of anilines is 1. The highest BCUT2D eigenvalue weighted by Crippen LogP contribution is 2.36. The van der Waals surface area contributed by atoms with Gasteiger partial charge in [-0.2, -0.15) is 0 Å². The molecule has 0 saturated heterocycles. The summed E-state index contributed by atoms with van der Waals surface area (Å²) in [5.41, 5.74) is -0.290. The maximum absolute atomic E-state index is 14.4. The summed E-state index contributed by atoms with van der Waals surface area (Å²) >= 11 is 0. The highest BCUT2D eigenvalue weighted by Gasteiger charge is 2.37. The van der Waals surface area contributed by atoms with Crippen LogP contribution in [0, 0.1) is 17.0 Å². The largest absolute Gasteiger partial charge is 0.308 e. The van der Waals surface area contributed by atoms with Gasteiger partial charge in [-0.25, -0.2) is 8.78 Å². The molecule has 1 heterocycles. The topological polar surface area (TPSA) is 59.4 Å². The minimum absolute atomic E-state index is 0.0178. The van der Waals surface area contributed by atoms with Crippen LogP contribution in [0.3, 0.4) is 0 Å². The average Bonchev–Trinajstić information content (AvgIpc) is 2.73. The zero-order valence-electron chi connectivity index (χ0n) is 18.0. The van der Waals surface area contributed by atoms with Gasteiger partial charge in [0, 0.05) is 30.9 Å². The molecule has 4 rings (SSSR count). The number of para-hydroxylation sites is 1. The smallest absolute Gasteiger partial charge is 0.268 e. The fourth-order valence-electron chi connectivity index (χ4n) is 4.16. The number of nitrogens with zero attached hydrogens (tertiary/aromatic N) is 2. The number of halogens is 2. The van der Waals surface area contributed by atoms with Crippen molar-refractivity contribution >= 4 is 17.4 Å². The van der Waals surface area contributed by atoms with E-state index in [4.69, 9.17) is 0 Å². The van der Waals surface area contributed by atoms with Crippen molar-refractivity contribution in [2.75, 3.05) is 11.9 Å². The zero-order chi connectivity index (χ0) is 23.2. The van der Waals surface area contributed by atoms with Crippen molar-refractivity contribution in [2.45, 2.75) is 26.7 Å². The van der Waals surface area contributed by atoms with E-state index in [-0.39, 0.29) is 29.0 Å². The van der Waals surface area contributed by atoms with E-state index in [0.29, 0.717) is 17.7 Å². The van der Waals surface area contributed by atoms with Crippen LogP contribution in [0.5, 0.6) is 0 Å². The number of Topliss-reactive ketones (excluding diaryl/α,β-unsaturated/α-hetero) is 1. The Bertz CT molecular complexity index is 1290. The van der Waals surface area contributed by atoms with Crippen LogP contribution in [0.25, 0.3) is 5.69 Å². The SMILES string of the molecule is CN(C(=O)c1c2c(cn(-c3ccc(F)cc3)c1=O)C(=O)CC(C)(C)C2)c1ccccc1F. The fourth-order valence-corrected chi connectivity index (χ4v) is 4.16. The van der Waals surface area contributed by atoms with Crippen molar-refractivity contribution in [2.24, 2.45) is 5.41 Å². The number of benzene rings is 2. The van der Waals surface area contributed by atoms with Crippen molar-refractivity contribution in [3.8, 4) is 5.69 Å². The maximum Gasteiger partial charge on any atom is 0.268 e. The van der Waals surface area contributed by atoms with Gasteiger partial charge in [0.2, 0.25) is 0 Å². The molecule has 3 aromatic rings. The van der Waals surface area contributed by atoms with Gasteiger partial charge in [0.05, 0.1) is 5.69 Å². The molecule has 0 bridgehead atoms. The Morgan fingerprint density at radius 3 is 2.31 bits per heavy atom. The lowest BCUT2D eigenvalue weighted by Gasteiger charge is -2.32. The van der Waals surface area contributed by atoms with Gasteiger partial charge < -0.3 is 4.90 Å². The number of carbonyl (C=O) groups is 2. The molecule has 0 saturated carbocycles. The summed E-state index contributed by atoms with van der Waals surface area (Å²) in [5, 5.41) is 0. The summed E-state index contributed by atoms with van der Waals surface area (Å²) in [6.45, 7) is 3.79. The van der Waals surface area contributed by atoms with Crippen LogP contribution in [-0.2, 0) is 6.42 Å². The van der Waals surface area contributed by atoms with E-state index in [1.807, 2.05) is 13.8 Å². The summed E-state index contributed by atoms with van der Waals surface area (Å²) in [7, 11) is 1.39. The van der Waals surface area contributed by atoms with Crippen LogP contribution in [-0.4, -0.2) is 23.3 Å². The Hall–Kier alpha value is -3.61. The first-order chi connectivity index (χ1) is 15.1. The van der Waals surface area contributed by atoms with Gasteiger partial charge in [0.25, 0.3) is 11.5 Å². The molecule has 0 N–H and O–H groups in total. The second-order valence-corrected chi connectivity index (χ2v) is 8.80. The van der Waals surface area contributed by atoms with E-state index >= 15 is 0 Å². The molecular formula is C25H22F2N2O3. The van der Waals surface area contributed by atoms with Gasteiger partial charge in [-0.15, -0.1) is 0 Å². The fraction of sp³-hybridized carbons (Fsp3) is 0.240. The highest BCUT2D eigenvalue weighted by atomic mass is 19.1. The molecule has 0 radical (unpaired) electrons. The third kappa shape index (κ3) is 3.75. The number of rotatable bonds is 3. The molecular weight excluding hydrogens is 414 g/mol. The number of pyridine rings is 1. The molecule has 32 heavy (non-hydrogen) atoms. The predicted molar refractivity (Wildman–Crippen MR) is 118 cm³/mol. The second-order valence-electron chi connectivity index (χ2n) is 8.80. The van der Waals surface area contributed by atoms with E-state index in [1.54, 1.807) is 6.07 Å². The van der Waals surface area contributed by atoms with Gasteiger partial charge in [-0.1, -0.05) is 26.0 Å². The molecule has 5 nitrogen and oxygen atoms in total. The van der Waals surface area contributed by atoms with Crippen molar-refractivity contribution in [3.63, 3.8) is 0 Å². The lowest BCUT2D eigenvalue weighted by Crippen LogP contribution is -2.40. The predicted octanol–water partition coefficient (Wildman–Crippen LogP) is 4.55. The number of hydrogen-bond donors (Lipinski definition) is 0. The summed E-state index contributed by atoms with van der Waals surface area (Å²) in [4.78, 5) is 41.1. The minimum Gasteiger partial charge on any atom is -0.308 e. The molecule has 1 aromatic heterocycles. The second kappa shape index (κ2) is 7.82. The van der Waals surface area contributed by atoms with Crippen molar-refractivity contribution < 1.29 is 18.4 Å². The van der Waals surface area contributed by atoms with Crippen LogP contribution in [0.4, 0.5) is 14.5 Å². The molecule has 0 unspecified atom stereocenters. The Morgan fingerprint density at radius 2 is 1.66 bits per heavy atom. The number of carbonyl (C=O) groups excluding carboxylic acids is 2. The first-order valence-electron chi connectivity index (χ1n) is 10.2. The number of ketones is 1. The first-order valence-corrected chi connectivity index (χ1v) is 10.2. The Morgan fingerprint density at radius 1 is 1.00 bits per heavy atom. The van der Waals surface area contributed by atoms with Crippen LogP contribution in [0.1, 0.15) is 46.5 Å². The van der Waals surface area contributed by atoms with Crippen LogP contribution in [0.2, 0.25) is 0 Å². The molecule has 1 amide bonds.